The van der Waals surface area contributed by atoms with Crippen LogP contribution in [0.2, 0.25) is 0 Å². The van der Waals surface area contributed by atoms with Gasteiger partial charge >= 0.3 is 11.9 Å². The second-order valence-corrected chi connectivity index (χ2v) is 11.1. The highest BCUT2D eigenvalue weighted by Gasteiger charge is 2.58. The van der Waals surface area contributed by atoms with Crippen LogP contribution in [0.5, 0.6) is 0 Å². The molecular weight excluding hydrogens is 458 g/mol. The summed E-state index contributed by atoms with van der Waals surface area (Å²) in [4.78, 5) is 25.6. The van der Waals surface area contributed by atoms with Crippen molar-refractivity contribution in [2.24, 2.45) is 22.7 Å². The van der Waals surface area contributed by atoms with Gasteiger partial charge in [0.15, 0.2) is 0 Å². The van der Waals surface area contributed by atoms with Crippen LogP contribution in [-0.2, 0) is 19.1 Å². The van der Waals surface area contributed by atoms with Crippen molar-refractivity contribution in [1.29, 1.82) is 0 Å². The van der Waals surface area contributed by atoms with E-state index in [2.05, 4.69) is 18.8 Å². The van der Waals surface area contributed by atoms with Gasteiger partial charge in [0.1, 0.15) is 12.6 Å². The molecule has 36 heavy (non-hydrogen) atoms. The molecule has 1 aromatic carbocycles. The van der Waals surface area contributed by atoms with E-state index in [1.165, 1.54) is 7.11 Å². The monoisotopic (exact) mass is 497 g/mol. The summed E-state index contributed by atoms with van der Waals surface area (Å²) in [7, 11) is 1.36. The van der Waals surface area contributed by atoms with E-state index in [1.54, 1.807) is 6.08 Å². The Balaban J connectivity index is 1.70. The molecule has 0 saturated heterocycles. The average Bonchev–Trinajstić information content (AvgIpc) is 3.31. The molecule has 7 nitrogen and oxygen atoms in total. The van der Waals surface area contributed by atoms with Gasteiger partial charge in [-0.2, -0.15) is 0 Å². The molecule has 2 saturated carbocycles. The number of hydrogen-bond donors (Lipinski definition) is 3. The maximum absolute atomic E-state index is 12.9. The van der Waals surface area contributed by atoms with Crippen molar-refractivity contribution in [1.82, 2.24) is 5.32 Å². The van der Waals surface area contributed by atoms with Gasteiger partial charge in [-0.1, -0.05) is 56.3 Å². The summed E-state index contributed by atoms with van der Waals surface area (Å²) < 4.78 is 10.4. The molecule has 196 valence electrons. The van der Waals surface area contributed by atoms with Crippen LogP contribution < -0.4 is 5.32 Å². The SMILES string of the molecule is C=C1CCC2[C@](C)(CO)C(O)CC[C@]2(C)[C@H]1CC(NC(C(=O)OC)c1ccccc1)C1=CCOC1=O. The van der Waals surface area contributed by atoms with Crippen molar-refractivity contribution >= 4 is 11.9 Å². The molecule has 2 fully saturated rings. The molecule has 1 heterocycles. The molecule has 0 bridgehead atoms. The molecule has 3 N–H and O–H groups in total. The Labute approximate surface area is 213 Å². The van der Waals surface area contributed by atoms with Crippen LogP contribution in [0.25, 0.3) is 0 Å². The number of rotatable bonds is 8. The zero-order valence-electron chi connectivity index (χ0n) is 21.5. The number of hydrogen-bond acceptors (Lipinski definition) is 7. The fourth-order valence-electron chi connectivity index (χ4n) is 7.08. The Kier molecular flexibility index (Phi) is 7.74. The smallest absolute Gasteiger partial charge is 0.335 e. The van der Waals surface area contributed by atoms with Crippen molar-refractivity contribution in [2.45, 2.75) is 64.1 Å². The van der Waals surface area contributed by atoms with Crippen LogP contribution in [0.1, 0.15) is 57.6 Å². The maximum atomic E-state index is 12.9. The highest BCUT2D eigenvalue weighted by molar-refractivity contribution is 5.92. The Hall–Kier alpha value is -2.48. The van der Waals surface area contributed by atoms with Crippen molar-refractivity contribution in [3.8, 4) is 0 Å². The van der Waals surface area contributed by atoms with Crippen LogP contribution in [0, 0.1) is 22.7 Å². The summed E-state index contributed by atoms with van der Waals surface area (Å²) in [5, 5.41) is 24.6. The number of aliphatic hydroxyl groups excluding tert-OH is 2. The van der Waals surface area contributed by atoms with E-state index in [9.17, 15) is 19.8 Å². The van der Waals surface area contributed by atoms with Gasteiger partial charge in [0.2, 0.25) is 0 Å². The van der Waals surface area contributed by atoms with Gasteiger partial charge in [-0.05, 0) is 61.0 Å². The van der Waals surface area contributed by atoms with E-state index in [-0.39, 0.29) is 36.4 Å². The van der Waals surface area contributed by atoms with Crippen LogP contribution in [-0.4, -0.2) is 54.6 Å². The van der Waals surface area contributed by atoms with Crippen LogP contribution in [0.3, 0.4) is 0 Å². The molecule has 1 aliphatic heterocycles. The Morgan fingerprint density at radius 2 is 2.00 bits per heavy atom. The first kappa shape index (κ1) is 26.6. The molecule has 0 amide bonds. The third kappa shape index (κ3) is 4.64. The lowest BCUT2D eigenvalue weighted by molar-refractivity contribution is -0.153. The number of methoxy groups -OCH3 is 1. The zero-order valence-corrected chi connectivity index (χ0v) is 21.5. The third-order valence-electron chi connectivity index (χ3n) is 9.23. The van der Waals surface area contributed by atoms with Gasteiger partial charge < -0.3 is 19.7 Å². The molecular formula is C29H39NO6. The quantitative estimate of drug-likeness (QED) is 0.373. The van der Waals surface area contributed by atoms with E-state index in [1.807, 2.05) is 37.3 Å². The number of ether oxygens (including phenoxy) is 2. The Morgan fingerprint density at radius 3 is 2.61 bits per heavy atom. The minimum atomic E-state index is -0.758. The molecule has 0 radical (unpaired) electrons. The second kappa shape index (κ2) is 10.5. The number of carbonyl (C=O) groups excluding carboxylic acids is 2. The lowest BCUT2D eigenvalue weighted by Gasteiger charge is -2.60. The number of allylic oxidation sites excluding steroid dienone is 1. The van der Waals surface area contributed by atoms with E-state index in [4.69, 9.17) is 9.47 Å². The maximum Gasteiger partial charge on any atom is 0.335 e. The number of carbonyl (C=O) groups is 2. The molecule has 3 aliphatic rings. The van der Waals surface area contributed by atoms with Crippen LogP contribution in [0.4, 0.5) is 0 Å². The van der Waals surface area contributed by atoms with E-state index in [0.29, 0.717) is 18.4 Å². The van der Waals surface area contributed by atoms with E-state index in [0.717, 1.165) is 30.4 Å². The standard InChI is InChI=1S/C29H39NO6/c1-18-10-11-23-28(2,14-12-24(32)29(23,3)17-31)21(18)16-22(20-13-15-36-26(20)33)30-25(27(34)35-4)19-8-6-5-7-9-19/h5-9,13,21-25,30-32H,1,10-12,14-17H2,2-4H3/t21-,22?,23?,24?,25?,28+,29-/m0/s1. The van der Waals surface area contributed by atoms with Gasteiger partial charge in [0, 0.05) is 11.5 Å². The lowest BCUT2D eigenvalue weighted by Crippen LogP contribution is -2.58. The lowest BCUT2D eigenvalue weighted by atomic mass is 9.46. The zero-order chi connectivity index (χ0) is 26.1. The van der Waals surface area contributed by atoms with E-state index >= 15 is 0 Å². The first-order chi connectivity index (χ1) is 17.2. The van der Waals surface area contributed by atoms with Gasteiger partial charge in [-0.3, -0.25) is 5.32 Å². The summed E-state index contributed by atoms with van der Waals surface area (Å²) in [6, 6.07) is 8.11. The average molecular weight is 498 g/mol. The number of aliphatic hydroxyl groups is 2. The topological polar surface area (TPSA) is 105 Å². The van der Waals surface area contributed by atoms with Gasteiger partial charge in [-0.25, -0.2) is 9.59 Å². The predicted molar refractivity (Wildman–Crippen MR) is 136 cm³/mol. The number of benzene rings is 1. The molecule has 7 heteroatoms. The highest BCUT2D eigenvalue weighted by Crippen LogP contribution is 2.62. The summed E-state index contributed by atoms with van der Waals surface area (Å²) in [6.07, 6.45) is 4.83. The molecule has 7 atom stereocenters. The first-order valence-corrected chi connectivity index (χ1v) is 12.9. The highest BCUT2D eigenvalue weighted by atomic mass is 16.5. The van der Waals surface area contributed by atoms with Crippen molar-refractivity contribution in [3.05, 3.63) is 59.7 Å². The van der Waals surface area contributed by atoms with Crippen molar-refractivity contribution < 1.29 is 29.3 Å². The first-order valence-electron chi connectivity index (χ1n) is 12.9. The molecule has 1 aromatic rings. The summed E-state index contributed by atoms with van der Waals surface area (Å²) in [6.45, 7) is 8.78. The molecule has 0 spiro atoms. The summed E-state index contributed by atoms with van der Waals surface area (Å²) >= 11 is 0. The van der Waals surface area contributed by atoms with Gasteiger partial charge in [0.05, 0.1) is 25.4 Å². The Morgan fingerprint density at radius 1 is 1.28 bits per heavy atom. The fraction of sp³-hybridized carbons (Fsp3) is 0.586. The summed E-state index contributed by atoms with van der Waals surface area (Å²) in [5.41, 5.74) is 1.56. The van der Waals surface area contributed by atoms with Gasteiger partial charge in [-0.15, -0.1) is 0 Å². The number of nitrogens with one attached hydrogen (secondary N) is 1. The number of cyclic esters (lactones) is 1. The molecule has 4 unspecified atom stereocenters. The Bertz CT molecular complexity index is 1020. The molecule has 4 rings (SSSR count). The van der Waals surface area contributed by atoms with E-state index < -0.39 is 29.6 Å². The van der Waals surface area contributed by atoms with Crippen molar-refractivity contribution in [2.75, 3.05) is 20.3 Å². The minimum absolute atomic E-state index is 0.0236. The number of fused-ring (bicyclic) bond motifs is 1. The van der Waals surface area contributed by atoms with Crippen LogP contribution >= 0.6 is 0 Å². The predicted octanol–water partition coefficient (Wildman–Crippen LogP) is 3.47. The second-order valence-electron chi connectivity index (χ2n) is 11.1. The third-order valence-corrected chi connectivity index (χ3v) is 9.23. The molecule has 2 aliphatic carbocycles. The fourth-order valence-corrected chi connectivity index (χ4v) is 7.08. The normalized spacial score (nSPS) is 33.8. The molecule has 0 aromatic heterocycles. The van der Waals surface area contributed by atoms with Gasteiger partial charge in [0.25, 0.3) is 0 Å². The number of esters is 2. The summed E-state index contributed by atoms with van der Waals surface area (Å²) in [5.74, 6) is -0.689. The van der Waals surface area contributed by atoms with Crippen molar-refractivity contribution in [3.63, 3.8) is 0 Å². The minimum Gasteiger partial charge on any atom is -0.468 e. The van der Waals surface area contributed by atoms with Crippen LogP contribution in [0.15, 0.2) is 54.1 Å². The largest absolute Gasteiger partial charge is 0.468 e.